The molecule has 3 heterocycles. The maximum Gasteiger partial charge on any atom is 0.164 e. The van der Waals surface area contributed by atoms with Crippen LogP contribution in [0.2, 0.25) is 0 Å². The number of para-hydroxylation sites is 1. The molecule has 0 saturated carbocycles. The van der Waals surface area contributed by atoms with E-state index in [1.54, 1.807) is 0 Å². The second-order valence-corrected chi connectivity index (χ2v) is 14.0. The lowest BCUT2D eigenvalue weighted by atomic mass is 9.91. The molecule has 0 unspecified atom stereocenters. The highest BCUT2D eigenvalue weighted by Crippen LogP contribution is 2.51. The van der Waals surface area contributed by atoms with Crippen molar-refractivity contribution in [1.29, 1.82) is 0 Å². The van der Waals surface area contributed by atoms with Gasteiger partial charge in [-0.1, -0.05) is 170 Å². The first-order valence-corrected chi connectivity index (χ1v) is 18.5. The van der Waals surface area contributed by atoms with E-state index in [4.69, 9.17) is 19.9 Å². The summed E-state index contributed by atoms with van der Waals surface area (Å²) < 4.78 is 1.22. The summed E-state index contributed by atoms with van der Waals surface area (Å²) in [6.45, 7) is 0. The molecule has 0 N–H and O–H groups in total. The van der Waals surface area contributed by atoms with Gasteiger partial charge in [-0.25, -0.2) is 19.9 Å². The van der Waals surface area contributed by atoms with Gasteiger partial charge in [0.1, 0.15) is 0 Å². The predicted octanol–water partition coefficient (Wildman–Crippen LogP) is 12.8. The summed E-state index contributed by atoms with van der Waals surface area (Å²) in [5.41, 5.74) is 9.33. The van der Waals surface area contributed by atoms with Crippen LogP contribution in [0.4, 0.5) is 0 Å². The van der Waals surface area contributed by atoms with Crippen molar-refractivity contribution in [3.8, 4) is 67.0 Å². The first-order valence-electron chi connectivity index (χ1n) is 17.6. The van der Waals surface area contributed by atoms with E-state index in [0.29, 0.717) is 17.5 Å². The van der Waals surface area contributed by atoms with E-state index in [1.165, 1.54) is 31.5 Å². The van der Waals surface area contributed by atoms with Gasteiger partial charge in [0.15, 0.2) is 17.5 Å². The molecule has 53 heavy (non-hydrogen) atoms. The summed E-state index contributed by atoms with van der Waals surface area (Å²) in [4.78, 5) is 21.6. The van der Waals surface area contributed by atoms with Crippen molar-refractivity contribution < 1.29 is 0 Å². The van der Waals surface area contributed by atoms with Gasteiger partial charge < -0.3 is 0 Å². The minimum atomic E-state index is 0.629. The van der Waals surface area contributed by atoms with Crippen LogP contribution in [0.1, 0.15) is 0 Å². The number of nitrogens with zero attached hydrogens (tertiary/aromatic N) is 4. The van der Waals surface area contributed by atoms with Gasteiger partial charge in [-0.3, -0.25) is 0 Å². The number of hydrogen-bond acceptors (Lipinski definition) is 5. The molecule has 0 aliphatic carbocycles. The molecule has 0 atom stereocenters. The molecule has 7 aromatic carbocycles. The molecule has 4 nitrogen and oxygen atoms in total. The maximum atomic E-state index is 5.37. The molecule has 5 heteroatoms. The minimum Gasteiger partial charge on any atom is -0.247 e. The molecule has 0 fully saturated rings. The molecule has 0 radical (unpaired) electrons. The zero-order chi connectivity index (χ0) is 35.1. The van der Waals surface area contributed by atoms with Gasteiger partial charge in [-0.2, -0.15) is 0 Å². The monoisotopic (exact) mass is 694 g/mol. The average Bonchev–Trinajstić information content (AvgIpc) is 3.65. The Morgan fingerprint density at radius 3 is 1.58 bits per heavy atom. The second-order valence-electron chi connectivity index (χ2n) is 13.0. The van der Waals surface area contributed by atoms with Crippen LogP contribution in [0.5, 0.6) is 0 Å². The molecular weight excluding hydrogens is 665 g/mol. The topological polar surface area (TPSA) is 51.6 Å². The van der Waals surface area contributed by atoms with E-state index in [-0.39, 0.29) is 0 Å². The van der Waals surface area contributed by atoms with Crippen molar-refractivity contribution in [2.45, 2.75) is 0 Å². The van der Waals surface area contributed by atoms with Gasteiger partial charge in [0.05, 0.1) is 11.2 Å². The standard InChI is InChI=1S/C48H30N4S/c1-4-17-32(18-5-1)43-42-41(38-28-15-23-31-16-10-11-26-37(31)38)44(53-45(42)39-27-12-13-29-40(39)49-43)35-24-14-25-36(30-35)48-51-46(33-19-6-2-7-20-33)50-47(52-48)34-21-8-3-9-22-34/h1-30H. The van der Waals surface area contributed by atoms with E-state index < -0.39 is 0 Å². The summed E-state index contributed by atoms with van der Waals surface area (Å²) >= 11 is 1.83. The first-order chi connectivity index (χ1) is 26.3. The highest BCUT2D eigenvalue weighted by Gasteiger charge is 2.24. The Morgan fingerprint density at radius 1 is 0.377 bits per heavy atom. The van der Waals surface area contributed by atoms with Gasteiger partial charge >= 0.3 is 0 Å². The Hall–Kier alpha value is -6.82. The highest BCUT2D eigenvalue weighted by molar-refractivity contribution is 7.24. The molecule has 0 aliphatic heterocycles. The summed E-state index contributed by atoms with van der Waals surface area (Å²) in [5.74, 6) is 1.91. The van der Waals surface area contributed by atoms with Crippen LogP contribution >= 0.6 is 11.3 Å². The maximum absolute atomic E-state index is 5.37. The number of rotatable bonds is 6. The Bertz CT molecular complexity index is 2880. The number of thiophene rings is 1. The van der Waals surface area contributed by atoms with Crippen LogP contribution < -0.4 is 0 Å². The predicted molar refractivity (Wildman–Crippen MR) is 221 cm³/mol. The second kappa shape index (κ2) is 13.1. The SMILES string of the molecule is c1ccc(-c2nc(-c3ccccc3)nc(-c3cccc(-c4sc5c(c(-c6ccccc6)nc6ccccc65)c4-c4cccc5ccccc45)c3)n2)cc1. The van der Waals surface area contributed by atoms with Crippen molar-refractivity contribution in [3.05, 3.63) is 182 Å². The number of fused-ring (bicyclic) bond motifs is 4. The summed E-state index contributed by atoms with van der Waals surface area (Å²) in [6.07, 6.45) is 0. The molecule has 10 aromatic rings. The van der Waals surface area contributed by atoms with E-state index in [1.807, 2.05) is 72.0 Å². The number of aromatic nitrogens is 4. The first kappa shape index (κ1) is 31.0. The van der Waals surface area contributed by atoms with E-state index in [2.05, 4.69) is 121 Å². The normalized spacial score (nSPS) is 11.4. The van der Waals surface area contributed by atoms with Crippen molar-refractivity contribution >= 4 is 43.1 Å². The average molecular weight is 695 g/mol. The van der Waals surface area contributed by atoms with Gasteiger partial charge in [0.25, 0.3) is 0 Å². The molecule has 0 spiro atoms. The molecular formula is C48H30N4S. The summed E-state index contributed by atoms with van der Waals surface area (Å²) in [5, 5.41) is 4.71. The lowest BCUT2D eigenvalue weighted by Gasteiger charge is -2.13. The van der Waals surface area contributed by atoms with Crippen molar-refractivity contribution in [1.82, 2.24) is 19.9 Å². The van der Waals surface area contributed by atoms with Gasteiger partial charge in [0, 0.05) is 48.2 Å². The Morgan fingerprint density at radius 2 is 0.887 bits per heavy atom. The number of benzene rings is 7. The molecule has 0 bridgehead atoms. The fourth-order valence-corrected chi connectivity index (χ4v) is 8.58. The molecule has 10 rings (SSSR count). The van der Waals surface area contributed by atoms with Crippen LogP contribution in [0, 0.1) is 0 Å². The third-order valence-corrected chi connectivity index (χ3v) is 11.0. The molecule has 3 aromatic heterocycles. The quantitative estimate of drug-likeness (QED) is 0.174. The van der Waals surface area contributed by atoms with E-state index in [0.717, 1.165) is 49.8 Å². The lowest BCUT2D eigenvalue weighted by molar-refractivity contribution is 1.07. The lowest BCUT2D eigenvalue weighted by Crippen LogP contribution is -2.00. The zero-order valence-electron chi connectivity index (χ0n) is 28.5. The summed E-state index contributed by atoms with van der Waals surface area (Å²) in [6, 6.07) is 63.2. The molecule has 0 amide bonds. The summed E-state index contributed by atoms with van der Waals surface area (Å²) in [7, 11) is 0. The van der Waals surface area contributed by atoms with Crippen LogP contribution in [0.25, 0.3) is 98.7 Å². The fourth-order valence-electron chi connectivity index (χ4n) is 7.23. The van der Waals surface area contributed by atoms with Gasteiger partial charge in [-0.15, -0.1) is 11.3 Å². The molecule has 0 aliphatic rings. The van der Waals surface area contributed by atoms with Crippen LogP contribution in [-0.2, 0) is 0 Å². The zero-order valence-corrected chi connectivity index (χ0v) is 29.3. The van der Waals surface area contributed by atoms with Crippen molar-refractivity contribution in [3.63, 3.8) is 0 Å². The van der Waals surface area contributed by atoms with Crippen LogP contribution in [0.15, 0.2) is 182 Å². The van der Waals surface area contributed by atoms with Crippen molar-refractivity contribution in [2.75, 3.05) is 0 Å². The minimum absolute atomic E-state index is 0.629. The third kappa shape index (κ3) is 5.55. The van der Waals surface area contributed by atoms with Crippen LogP contribution in [-0.4, -0.2) is 19.9 Å². The number of hydrogen-bond donors (Lipinski definition) is 0. The number of pyridine rings is 1. The Labute approximate surface area is 310 Å². The smallest absolute Gasteiger partial charge is 0.164 e. The van der Waals surface area contributed by atoms with Crippen molar-refractivity contribution in [2.24, 2.45) is 0 Å². The third-order valence-electron chi connectivity index (χ3n) is 9.71. The van der Waals surface area contributed by atoms with E-state index >= 15 is 0 Å². The van der Waals surface area contributed by atoms with E-state index in [9.17, 15) is 0 Å². The molecule has 0 saturated heterocycles. The Balaban J connectivity index is 1.26. The van der Waals surface area contributed by atoms with Crippen LogP contribution in [0.3, 0.4) is 0 Å². The van der Waals surface area contributed by atoms with Gasteiger partial charge in [-0.05, 0) is 34.0 Å². The van der Waals surface area contributed by atoms with Gasteiger partial charge in [0.2, 0.25) is 0 Å². The largest absolute Gasteiger partial charge is 0.247 e. The highest BCUT2D eigenvalue weighted by atomic mass is 32.1. The fraction of sp³-hybridized carbons (Fsp3) is 0. The molecule has 248 valence electrons. The Kier molecular flexibility index (Phi) is 7.63.